The van der Waals surface area contributed by atoms with Crippen molar-refractivity contribution in [1.29, 1.82) is 0 Å². The first-order valence-electron chi connectivity index (χ1n) is 5.88. The van der Waals surface area contributed by atoms with E-state index in [2.05, 4.69) is 32.2 Å². The molecule has 2 aromatic rings. The number of nitrogen functional groups attached to an aromatic ring is 1. The second-order valence-corrected chi connectivity index (χ2v) is 4.95. The van der Waals surface area contributed by atoms with Crippen molar-refractivity contribution < 1.29 is 0 Å². The number of nitrogens with two attached hydrogens (primary N) is 1. The second kappa shape index (κ2) is 3.94. The highest BCUT2D eigenvalue weighted by Gasteiger charge is 2.37. The molecular formula is C11H15N7. The largest absolute Gasteiger partial charge is 0.368 e. The summed E-state index contributed by atoms with van der Waals surface area (Å²) >= 11 is 0. The van der Waals surface area contributed by atoms with Crippen LogP contribution in [0.4, 0.5) is 11.9 Å². The minimum Gasteiger partial charge on any atom is -0.368 e. The number of hydrogen-bond acceptors (Lipinski definition) is 6. The molecule has 0 amide bonds. The van der Waals surface area contributed by atoms with Gasteiger partial charge in [0.2, 0.25) is 17.8 Å². The highest BCUT2D eigenvalue weighted by molar-refractivity contribution is 5.35. The van der Waals surface area contributed by atoms with Gasteiger partial charge in [-0.2, -0.15) is 15.0 Å². The maximum Gasteiger partial charge on any atom is 0.241 e. The van der Waals surface area contributed by atoms with Crippen LogP contribution in [0, 0.1) is 5.41 Å². The van der Waals surface area contributed by atoms with E-state index >= 15 is 0 Å². The fourth-order valence-electron chi connectivity index (χ4n) is 1.64. The molecule has 94 valence electrons. The van der Waals surface area contributed by atoms with E-state index in [0.717, 1.165) is 6.54 Å². The van der Waals surface area contributed by atoms with Crippen LogP contribution in [0.25, 0.3) is 5.95 Å². The molecule has 7 nitrogen and oxygen atoms in total. The van der Waals surface area contributed by atoms with Gasteiger partial charge in [-0.15, -0.1) is 0 Å². The van der Waals surface area contributed by atoms with E-state index in [-0.39, 0.29) is 5.95 Å². The van der Waals surface area contributed by atoms with Crippen LogP contribution in [0.3, 0.4) is 0 Å². The molecule has 3 rings (SSSR count). The van der Waals surface area contributed by atoms with Gasteiger partial charge in [0.05, 0.1) is 0 Å². The van der Waals surface area contributed by atoms with E-state index in [1.54, 1.807) is 23.3 Å². The van der Waals surface area contributed by atoms with Crippen LogP contribution in [0.2, 0.25) is 0 Å². The van der Waals surface area contributed by atoms with Crippen LogP contribution < -0.4 is 11.1 Å². The summed E-state index contributed by atoms with van der Waals surface area (Å²) in [7, 11) is 0. The topological polar surface area (TPSA) is 94.5 Å². The molecule has 18 heavy (non-hydrogen) atoms. The van der Waals surface area contributed by atoms with Gasteiger partial charge in [0.1, 0.15) is 6.33 Å². The number of anilines is 2. The van der Waals surface area contributed by atoms with E-state index in [9.17, 15) is 0 Å². The number of rotatable bonds is 4. The maximum absolute atomic E-state index is 5.68. The van der Waals surface area contributed by atoms with Gasteiger partial charge in [0.25, 0.3) is 0 Å². The Labute approximate surface area is 104 Å². The van der Waals surface area contributed by atoms with Crippen molar-refractivity contribution in [1.82, 2.24) is 24.5 Å². The monoisotopic (exact) mass is 245 g/mol. The first-order chi connectivity index (χ1) is 8.65. The molecule has 0 unspecified atom stereocenters. The molecule has 1 aliphatic carbocycles. The Morgan fingerprint density at radius 3 is 2.89 bits per heavy atom. The van der Waals surface area contributed by atoms with Crippen molar-refractivity contribution in [3.8, 4) is 5.95 Å². The zero-order chi connectivity index (χ0) is 12.6. The summed E-state index contributed by atoms with van der Waals surface area (Å²) < 4.78 is 1.70. The molecule has 0 aliphatic heterocycles. The number of nitrogens with zero attached hydrogens (tertiary/aromatic N) is 5. The van der Waals surface area contributed by atoms with E-state index in [0.29, 0.717) is 17.3 Å². The van der Waals surface area contributed by atoms with Crippen molar-refractivity contribution >= 4 is 11.9 Å². The summed E-state index contributed by atoms with van der Waals surface area (Å²) in [6.07, 6.45) is 7.55. The molecule has 2 heterocycles. The van der Waals surface area contributed by atoms with E-state index in [1.807, 2.05) is 0 Å². The predicted molar refractivity (Wildman–Crippen MR) is 67.2 cm³/mol. The average molecular weight is 245 g/mol. The van der Waals surface area contributed by atoms with Crippen LogP contribution in [0.1, 0.15) is 19.8 Å². The third-order valence-corrected chi connectivity index (χ3v) is 3.15. The predicted octanol–water partition coefficient (Wildman–Crippen LogP) is 0.851. The number of imidazole rings is 1. The lowest BCUT2D eigenvalue weighted by molar-refractivity contribution is 0.607. The van der Waals surface area contributed by atoms with Gasteiger partial charge in [0, 0.05) is 18.9 Å². The normalized spacial score (nSPS) is 16.5. The SMILES string of the molecule is CC1(CNc2nc(N)nc(-n3ccnc3)n2)CC1. The molecule has 0 bridgehead atoms. The van der Waals surface area contributed by atoms with Gasteiger partial charge in [-0.05, 0) is 18.3 Å². The van der Waals surface area contributed by atoms with Crippen LogP contribution >= 0.6 is 0 Å². The van der Waals surface area contributed by atoms with Crippen molar-refractivity contribution in [2.45, 2.75) is 19.8 Å². The smallest absolute Gasteiger partial charge is 0.241 e. The first-order valence-corrected chi connectivity index (χ1v) is 5.88. The molecule has 1 saturated carbocycles. The Kier molecular flexibility index (Phi) is 2.39. The average Bonchev–Trinajstić information content (AvgIpc) is 2.88. The number of hydrogen-bond donors (Lipinski definition) is 2. The summed E-state index contributed by atoms with van der Waals surface area (Å²) in [5.74, 6) is 1.19. The first kappa shape index (κ1) is 10.9. The highest BCUT2D eigenvalue weighted by Crippen LogP contribution is 2.44. The Morgan fingerprint density at radius 1 is 1.39 bits per heavy atom. The van der Waals surface area contributed by atoms with Gasteiger partial charge in [-0.1, -0.05) is 6.92 Å². The van der Waals surface area contributed by atoms with E-state index in [1.165, 1.54) is 12.8 Å². The van der Waals surface area contributed by atoms with Crippen LogP contribution in [-0.2, 0) is 0 Å². The number of aromatic nitrogens is 5. The summed E-state index contributed by atoms with van der Waals surface area (Å²) in [5, 5.41) is 3.21. The Bertz CT molecular complexity index is 545. The number of nitrogens with one attached hydrogen (secondary N) is 1. The third kappa shape index (κ3) is 2.24. The fourth-order valence-corrected chi connectivity index (χ4v) is 1.64. The van der Waals surface area contributed by atoms with E-state index < -0.39 is 0 Å². The Balaban J connectivity index is 1.82. The van der Waals surface area contributed by atoms with Gasteiger partial charge < -0.3 is 11.1 Å². The van der Waals surface area contributed by atoms with Crippen molar-refractivity contribution in [2.24, 2.45) is 5.41 Å². The van der Waals surface area contributed by atoms with Gasteiger partial charge >= 0.3 is 0 Å². The van der Waals surface area contributed by atoms with Gasteiger partial charge in [-0.3, -0.25) is 4.57 Å². The maximum atomic E-state index is 5.68. The molecule has 7 heteroatoms. The molecule has 1 fully saturated rings. The zero-order valence-electron chi connectivity index (χ0n) is 10.2. The van der Waals surface area contributed by atoms with Crippen molar-refractivity contribution in [3.05, 3.63) is 18.7 Å². The van der Waals surface area contributed by atoms with Gasteiger partial charge in [-0.25, -0.2) is 4.98 Å². The second-order valence-electron chi connectivity index (χ2n) is 4.95. The molecule has 0 aromatic carbocycles. The molecule has 2 aromatic heterocycles. The Morgan fingerprint density at radius 2 is 2.22 bits per heavy atom. The minimum absolute atomic E-state index is 0.206. The minimum atomic E-state index is 0.206. The quantitative estimate of drug-likeness (QED) is 0.829. The van der Waals surface area contributed by atoms with E-state index in [4.69, 9.17) is 5.73 Å². The third-order valence-electron chi connectivity index (χ3n) is 3.15. The lowest BCUT2D eigenvalue weighted by Crippen LogP contribution is -2.16. The standard InChI is InChI=1S/C11H15N7/c1-11(2-3-11)6-14-9-15-8(12)16-10(17-9)18-5-4-13-7-18/h4-5,7H,2-3,6H2,1H3,(H3,12,14,15,16,17). The zero-order valence-corrected chi connectivity index (χ0v) is 10.2. The lowest BCUT2D eigenvalue weighted by Gasteiger charge is -2.10. The molecule has 0 saturated heterocycles. The summed E-state index contributed by atoms with van der Waals surface area (Å²) in [5.41, 5.74) is 6.07. The Hall–Kier alpha value is -2.18. The molecule has 0 spiro atoms. The molecule has 0 atom stereocenters. The lowest BCUT2D eigenvalue weighted by atomic mass is 10.1. The fraction of sp³-hybridized carbons (Fsp3) is 0.455. The molecule has 0 radical (unpaired) electrons. The summed E-state index contributed by atoms with van der Waals surface area (Å²) in [6.45, 7) is 3.10. The molecule has 1 aliphatic rings. The van der Waals surface area contributed by atoms with Gasteiger partial charge in [0.15, 0.2) is 0 Å². The van der Waals surface area contributed by atoms with Crippen molar-refractivity contribution in [2.75, 3.05) is 17.6 Å². The highest BCUT2D eigenvalue weighted by atomic mass is 15.3. The van der Waals surface area contributed by atoms with Crippen LogP contribution in [-0.4, -0.2) is 31.0 Å². The summed E-state index contributed by atoms with van der Waals surface area (Å²) in [4.78, 5) is 16.4. The van der Waals surface area contributed by atoms with Crippen LogP contribution in [0.15, 0.2) is 18.7 Å². The van der Waals surface area contributed by atoms with Crippen LogP contribution in [0.5, 0.6) is 0 Å². The molecule has 3 N–H and O–H groups in total. The molecular weight excluding hydrogens is 230 g/mol. The van der Waals surface area contributed by atoms with Crippen molar-refractivity contribution in [3.63, 3.8) is 0 Å². The summed E-state index contributed by atoms with van der Waals surface area (Å²) in [6, 6.07) is 0.